The molecule has 0 aliphatic rings. The molecule has 0 radical (unpaired) electrons. The molecule has 0 spiro atoms. The number of carbonyl (C=O) groups excluding carboxylic acids is 1. The number of benzene rings is 1. The molecule has 3 N–H and O–H groups in total. The van der Waals surface area contributed by atoms with Crippen molar-refractivity contribution >= 4 is 17.3 Å². The molecule has 0 aliphatic heterocycles. The lowest BCUT2D eigenvalue weighted by Crippen LogP contribution is -2.28. The normalized spacial score (nSPS) is 10.7. The third-order valence-electron chi connectivity index (χ3n) is 3.06. The highest BCUT2D eigenvalue weighted by Gasteiger charge is 2.14. The number of nitrogen functional groups attached to an aromatic ring is 1. The Hall–Kier alpha value is -1.79. The third kappa shape index (κ3) is 5.61. The summed E-state index contributed by atoms with van der Waals surface area (Å²) in [4.78, 5) is 14.0. The fraction of sp³-hybridized carbons (Fsp3) is 0.533. The fourth-order valence-electron chi connectivity index (χ4n) is 1.88. The first kappa shape index (κ1) is 17.3. The van der Waals surface area contributed by atoms with E-state index in [1.165, 1.54) is 0 Å². The SMILES string of the molecule is CCOC(=O)c1cccc(N)c1NCCN(C)CCOC. The van der Waals surface area contributed by atoms with Crippen LogP contribution < -0.4 is 11.1 Å². The highest BCUT2D eigenvalue weighted by molar-refractivity contribution is 5.98. The number of hydrogen-bond donors (Lipinski definition) is 2. The van der Waals surface area contributed by atoms with Gasteiger partial charge in [-0.05, 0) is 26.1 Å². The number of ether oxygens (including phenoxy) is 2. The number of hydrogen-bond acceptors (Lipinski definition) is 6. The number of carbonyl (C=O) groups is 1. The van der Waals surface area contributed by atoms with E-state index in [1.807, 2.05) is 7.05 Å². The third-order valence-corrected chi connectivity index (χ3v) is 3.06. The summed E-state index contributed by atoms with van der Waals surface area (Å²) < 4.78 is 10.1. The van der Waals surface area contributed by atoms with Crippen molar-refractivity contribution in [3.05, 3.63) is 23.8 Å². The van der Waals surface area contributed by atoms with Crippen LogP contribution in [0.4, 0.5) is 11.4 Å². The maximum Gasteiger partial charge on any atom is 0.340 e. The Kier molecular flexibility index (Phi) is 7.56. The number of anilines is 2. The molecule has 1 aromatic rings. The summed E-state index contributed by atoms with van der Waals surface area (Å²) in [6.45, 7) is 5.17. The lowest BCUT2D eigenvalue weighted by molar-refractivity contribution is 0.0527. The summed E-state index contributed by atoms with van der Waals surface area (Å²) in [5.41, 5.74) is 7.59. The first-order valence-electron chi connectivity index (χ1n) is 7.07. The van der Waals surface area contributed by atoms with Gasteiger partial charge in [0.15, 0.2) is 0 Å². The van der Waals surface area contributed by atoms with Crippen LogP contribution in [0, 0.1) is 0 Å². The Labute approximate surface area is 126 Å². The number of rotatable bonds is 9. The summed E-state index contributed by atoms with van der Waals surface area (Å²) >= 11 is 0. The van der Waals surface area contributed by atoms with Crippen molar-refractivity contribution in [1.82, 2.24) is 4.90 Å². The van der Waals surface area contributed by atoms with Gasteiger partial charge in [-0.25, -0.2) is 4.79 Å². The zero-order valence-electron chi connectivity index (χ0n) is 13.0. The summed E-state index contributed by atoms with van der Waals surface area (Å²) in [6, 6.07) is 5.22. The average molecular weight is 295 g/mol. The zero-order chi connectivity index (χ0) is 15.7. The van der Waals surface area contributed by atoms with Crippen LogP contribution in [0.5, 0.6) is 0 Å². The summed E-state index contributed by atoms with van der Waals surface area (Å²) in [7, 11) is 3.70. The van der Waals surface area contributed by atoms with Crippen molar-refractivity contribution in [2.75, 3.05) is 58.1 Å². The molecule has 1 rings (SSSR count). The Morgan fingerprint density at radius 2 is 2.14 bits per heavy atom. The molecule has 6 heteroatoms. The van der Waals surface area contributed by atoms with Gasteiger partial charge in [0.1, 0.15) is 0 Å². The van der Waals surface area contributed by atoms with E-state index in [2.05, 4.69) is 10.2 Å². The van der Waals surface area contributed by atoms with Gasteiger partial charge in [-0.1, -0.05) is 6.07 Å². The second kappa shape index (κ2) is 9.20. The molecule has 21 heavy (non-hydrogen) atoms. The molecule has 118 valence electrons. The first-order chi connectivity index (χ1) is 10.1. The topological polar surface area (TPSA) is 76.8 Å². The monoisotopic (exact) mass is 295 g/mol. The van der Waals surface area contributed by atoms with Gasteiger partial charge in [0.05, 0.1) is 30.2 Å². The molecule has 0 saturated heterocycles. The van der Waals surface area contributed by atoms with Crippen LogP contribution in [0.3, 0.4) is 0 Å². The second-order valence-corrected chi connectivity index (χ2v) is 4.71. The van der Waals surface area contributed by atoms with Crippen LogP contribution in [-0.4, -0.2) is 57.9 Å². The van der Waals surface area contributed by atoms with Gasteiger partial charge in [0, 0.05) is 26.7 Å². The lowest BCUT2D eigenvalue weighted by atomic mass is 10.1. The number of methoxy groups -OCH3 is 1. The molecule has 0 saturated carbocycles. The minimum absolute atomic E-state index is 0.340. The second-order valence-electron chi connectivity index (χ2n) is 4.71. The zero-order valence-corrected chi connectivity index (χ0v) is 13.0. The van der Waals surface area contributed by atoms with E-state index >= 15 is 0 Å². The van der Waals surface area contributed by atoms with Crippen LogP contribution in [-0.2, 0) is 9.47 Å². The van der Waals surface area contributed by atoms with E-state index in [0.29, 0.717) is 36.7 Å². The van der Waals surface area contributed by atoms with Gasteiger partial charge in [-0.3, -0.25) is 0 Å². The molecule has 0 atom stereocenters. The van der Waals surface area contributed by atoms with Crippen LogP contribution in [0.15, 0.2) is 18.2 Å². The maximum atomic E-state index is 11.9. The van der Waals surface area contributed by atoms with Crippen molar-refractivity contribution < 1.29 is 14.3 Å². The largest absolute Gasteiger partial charge is 0.462 e. The molecule has 1 aromatic carbocycles. The predicted molar refractivity (Wildman–Crippen MR) is 84.7 cm³/mol. The molecule has 6 nitrogen and oxygen atoms in total. The highest BCUT2D eigenvalue weighted by Crippen LogP contribution is 2.24. The Morgan fingerprint density at radius 3 is 2.81 bits per heavy atom. The van der Waals surface area contributed by atoms with Gasteiger partial charge in [-0.15, -0.1) is 0 Å². The molecule has 0 heterocycles. The van der Waals surface area contributed by atoms with E-state index in [0.717, 1.165) is 13.1 Å². The van der Waals surface area contributed by atoms with Gasteiger partial charge in [-0.2, -0.15) is 0 Å². The van der Waals surface area contributed by atoms with E-state index in [-0.39, 0.29) is 5.97 Å². The van der Waals surface area contributed by atoms with Crippen LogP contribution in [0.25, 0.3) is 0 Å². The molecule has 0 amide bonds. The van der Waals surface area contributed by atoms with E-state index in [1.54, 1.807) is 32.2 Å². The average Bonchev–Trinajstić information content (AvgIpc) is 2.46. The molecule has 0 aromatic heterocycles. The molecular formula is C15H25N3O3. The van der Waals surface area contributed by atoms with Crippen molar-refractivity contribution in [2.45, 2.75) is 6.92 Å². The van der Waals surface area contributed by atoms with Gasteiger partial charge >= 0.3 is 5.97 Å². The van der Waals surface area contributed by atoms with Crippen molar-refractivity contribution in [3.63, 3.8) is 0 Å². The number of likely N-dealkylation sites (N-methyl/N-ethyl adjacent to an activating group) is 1. The standard InChI is InChI=1S/C15H25N3O3/c1-4-21-15(19)12-6-5-7-13(16)14(12)17-8-9-18(2)10-11-20-3/h5-7,17H,4,8-11,16H2,1-3H3. The maximum absolute atomic E-state index is 11.9. The fourth-order valence-corrected chi connectivity index (χ4v) is 1.88. The minimum Gasteiger partial charge on any atom is -0.462 e. The van der Waals surface area contributed by atoms with Gasteiger partial charge < -0.3 is 25.4 Å². The first-order valence-corrected chi connectivity index (χ1v) is 7.07. The highest BCUT2D eigenvalue weighted by atomic mass is 16.5. The van der Waals surface area contributed by atoms with Crippen molar-refractivity contribution in [2.24, 2.45) is 0 Å². The molecule has 0 aliphatic carbocycles. The summed E-state index contributed by atoms with van der Waals surface area (Å²) in [5.74, 6) is -0.361. The summed E-state index contributed by atoms with van der Waals surface area (Å²) in [6.07, 6.45) is 0. The number of nitrogens with one attached hydrogen (secondary N) is 1. The van der Waals surface area contributed by atoms with Crippen molar-refractivity contribution in [1.29, 1.82) is 0 Å². The van der Waals surface area contributed by atoms with Crippen LogP contribution >= 0.6 is 0 Å². The molecule has 0 fully saturated rings. The number of nitrogens with zero attached hydrogens (tertiary/aromatic N) is 1. The van der Waals surface area contributed by atoms with E-state index < -0.39 is 0 Å². The number of para-hydroxylation sites is 1. The van der Waals surface area contributed by atoms with E-state index in [4.69, 9.17) is 15.2 Å². The number of esters is 1. The van der Waals surface area contributed by atoms with Crippen molar-refractivity contribution in [3.8, 4) is 0 Å². The smallest absolute Gasteiger partial charge is 0.340 e. The van der Waals surface area contributed by atoms with Crippen LogP contribution in [0.1, 0.15) is 17.3 Å². The van der Waals surface area contributed by atoms with Gasteiger partial charge in [0.2, 0.25) is 0 Å². The van der Waals surface area contributed by atoms with E-state index in [9.17, 15) is 4.79 Å². The quantitative estimate of drug-likeness (QED) is 0.530. The van der Waals surface area contributed by atoms with Gasteiger partial charge in [0.25, 0.3) is 0 Å². The minimum atomic E-state index is -0.361. The Bertz CT molecular complexity index is 452. The Morgan fingerprint density at radius 1 is 1.38 bits per heavy atom. The predicted octanol–water partition coefficient (Wildman–Crippen LogP) is 1.44. The van der Waals surface area contributed by atoms with Crippen LogP contribution in [0.2, 0.25) is 0 Å². The number of nitrogens with two attached hydrogens (primary N) is 1. The Balaban J connectivity index is 2.63. The summed E-state index contributed by atoms with van der Waals surface area (Å²) in [5, 5.41) is 3.22. The molecule has 0 unspecified atom stereocenters. The lowest BCUT2D eigenvalue weighted by Gasteiger charge is -2.18. The molecule has 0 bridgehead atoms. The molecular weight excluding hydrogens is 270 g/mol.